The number of aliphatic imine (C=N–C) groups is 1. The third-order valence-corrected chi connectivity index (χ3v) is 4.20. The van der Waals surface area contributed by atoms with Crippen molar-refractivity contribution in [2.24, 2.45) is 16.5 Å². The molecular weight excluding hydrogens is 420 g/mol. The molecule has 0 spiro atoms. The number of guanidine groups is 1. The zero-order valence-electron chi connectivity index (χ0n) is 17.1. The number of nitrogens with two attached hydrogens (primary N) is 2. The van der Waals surface area contributed by atoms with Crippen LogP contribution in [0.3, 0.4) is 0 Å². The molecule has 0 radical (unpaired) electrons. The first-order valence-corrected chi connectivity index (χ1v) is 9.30. The monoisotopic (exact) mass is 442 g/mol. The number of esters is 1. The highest BCUT2D eigenvalue weighted by atomic mass is 16.5. The van der Waals surface area contributed by atoms with Crippen LogP contribution in [0.1, 0.15) is 27.9 Å². The van der Waals surface area contributed by atoms with Gasteiger partial charge in [0.05, 0.1) is 24.1 Å². The zero-order valence-corrected chi connectivity index (χ0v) is 17.1. The summed E-state index contributed by atoms with van der Waals surface area (Å²) in [5, 5.41) is 19.9. The highest BCUT2D eigenvalue weighted by molar-refractivity contribution is 5.93. The predicted octanol–water partition coefficient (Wildman–Crippen LogP) is 0.706. The summed E-state index contributed by atoms with van der Waals surface area (Å²) in [5.41, 5.74) is 12.6. The van der Waals surface area contributed by atoms with E-state index in [0.717, 1.165) is 0 Å². The Hall–Kier alpha value is -4.41. The number of aliphatic carboxylic acids is 2. The number of ether oxygens (including phenoxy) is 1. The topological polar surface area (TPSA) is 194 Å². The largest absolute Gasteiger partial charge is 0.481 e. The fraction of sp³-hybridized carbons (Fsp3) is 0.190. The number of rotatable bonds is 9. The lowest BCUT2D eigenvalue weighted by Crippen LogP contribution is -2.42. The van der Waals surface area contributed by atoms with E-state index in [-0.39, 0.29) is 18.1 Å². The van der Waals surface area contributed by atoms with Crippen LogP contribution in [0.25, 0.3) is 0 Å². The Balaban J connectivity index is 2.00. The lowest BCUT2D eigenvalue weighted by atomic mass is 10.1. The van der Waals surface area contributed by atoms with Crippen molar-refractivity contribution < 1.29 is 34.1 Å². The molecule has 7 N–H and O–H groups in total. The van der Waals surface area contributed by atoms with Gasteiger partial charge in [0.15, 0.2) is 5.96 Å². The molecule has 0 aromatic heterocycles. The van der Waals surface area contributed by atoms with Gasteiger partial charge >= 0.3 is 17.9 Å². The molecule has 11 heteroatoms. The quantitative estimate of drug-likeness (QED) is 0.161. The van der Waals surface area contributed by atoms with Gasteiger partial charge in [-0.25, -0.2) is 14.6 Å². The molecule has 1 amide bonds. The highest BCUT2D eigenvalue weighted by Gasteiger charge is 2.23. The van der Waals surface area contributed by atoms with Crippen LogP contribution in [0, 0.1) is 6.92 Å². The summed E-state index contributed by atoms with van der Waals surface area (Å²) in [7, 11) is 0. The standard InChI is InChI=1S/C21H22N4O7/c1-11-8-13(24-21(22)23)4-7-15(11)20(31)32-14-5-2-12(3-6-14)9-17(26)25-16(19(29)30)10-18(27)28/h2-8,16H,9-10H2,1H3,(H,25,26)(H,27,28)(H,29,30)(H4,22,23,24)/t16-/m0/s1. The summed E-state index contributed by atoms with van der Waals surface area (Å²) >= 11 is 0. The molecule has 0 saturated heterocycles. The van der Waals surface area contributed by atoms with Crippen molar-refractivity contribution in [1.82, 2.24) is 5.32 Å². The number of aryl methyl sites for hydroxylation is 1. The maximum atomic E-state index is 12.4. The molecule has 0 heterocycles. The minimum absolute atomic E-state index is 0.103. The van der Waals surface area contributed by atoms with Gasteiger partial charge in [-0.3, -0.25) is 9.59 Å². The van der Waals surface area contributed by atoms with Crippen molar-refractivity contribution in [3.8, 4) is 5.75 Å². The molecule has 0 bridgehead atoms. The number of nitrogens with zero attached hydrogens (tertiary/aromatic N) is 1. The van der Waals surface area contributed by atoms with E-state index in [2.05, 4.69) is 10.3 Å². The molecule has 11 nitrogen and oxygen atoms in total. The van der Waals surface area contributed by atoms with Crippen LogP contribution in [-0.4, -0.2) is 46.0 Å². The summed E-state index contributed by atoms with van der Waals surface area (Å²) < 4.78 is 5.33. The first-order valence-electron chi connectivity index (χ1n) is 9.30. The van der Waals surface area contributed by atoms with Gasteiger partial charge in [-0.1, -0.05) is 12.1 Å². The van der Waals surface area contributed by atoms with Crippen molar-refractivity contribution in [1.29, 1.82) is 0 Å². The fourth-order valence-electron chi connectivity index (χ4n) is 2.74. The second-order valence-electron chi connectivity index (χ2n) is 6.80. The molecule has 2 aromatic carbocycles. The van der Waals surface area contributed by atoms with E-state index in [1.54, 1.807) is 19.1 Å². The molecule has 0 unspecified atom stereocenters. The zero-order chi connectivity index (χ0) is 23.8. The summed E-state index contributed by atoms with van der Waals surface area (Å²) in [5.74, 6) is -3.90. The number of hydrogen-bond acceptors (Lipinski definition) is 6. The third-order valence-electron chi connectivity index (χ3n) is 4.20. The molecule has 32 heavy (non-hydrogen) atoms. The Morgan fingerprint density at radius 3 is 2.25 bits per heavy atom. The average Bonchev–Trinajstić information content (AvgIpc) is 2.68. The van der Waals surface area contributed by atoms with Crippen LogP contribution < -0.4 is 21.5 Å². The summed E-state index contributed by atoms with van der Waals surface area (Å²) in [4.78, 5) is 50.1. The molecular formula is C21H22N4O7. The number of carbonyl (C=O) groups is 4. The van der Waals surface area contributed by atoms with Crippen LogP contribution in [-0.2, 0) is 20.8 Å². The second-order valence-corrected chi connectivity index (χ2v) is 6.80. The van der Waals surface area contributed by atoms with E-state index in [4.69, 9.17) is 26.4 Å². The van der Waals surface area contributed by atoms with Gasteiger partial charge in [0, 0.05) is 0 Å². The minimum Gasteiger partial charge on any atom is -0.481 e. The maximum absolute atomic E-state index is 12.4. The first-order chi connectivity index (χ1) is 15.0. The van der Waals surface area contributed by atoms with Crippen LogP contribution in [0.4, 0.5) is 5.69 Å². The lowest BCUT2D eigenvalue weighted by molar-refractivity contribution is -0.147. The molecule has 0 aliphatic rings. The predicted molar refractivity (Wildman–Crippen MR) is 114 cm³/mol. The normalized spacial score (nSPS) is 11.2. The molecule has 2 aromatic rings. The van der Waals surface area contributed by atoms with Gasteiger partial charge in [0.2, 0.25) is 5.91 Å². The molecule has 0 fully saturated rings. The van der Waals surface area contributed by atoms with Gasteiger partial charge in [-0.2, -0.15) is 0 Å². The second kappa shape index (κ2) is 10.6. The molecule has 168 valence electrons. The lowest BCUT2D eigenvalue weighted by Gasteiger charge is -2.12. The number of hydrogen-bond donors (Lipinski definition) is 5. The van der Waals surface area contributed by atoms with Gasteiger partial charge < -0.3 is 31.7 Å². The Morgan fingerprint density at radius 1 is 1.06 bits per heavy atom. The molecule has 0 saturated carbocycles. The third kappa shape index (κ3) is 7.13. The average molecular weight is 442 g/mol. The van der Waals surface area contributed by atoms with E-state index < -0.39 is 36.3 Å². The number of carbonyl (C=O) groups excluding carboxylic acids is 2. The van der Waals surface area contributed by atoms with Crippen molar-refractivity contribution in [3.05, 3.63) is 59.2 Å². The van der Waals surface area contributed by atoms with Crippen molar-refractivity contribution >= 4 is 35.5 Å². The SMILES string of the molecule is Cc1cc(N=C(N)N)ccc1C(=O)Oc1ccc(CC(=O)N[C@@H](CC(=O)O)C(=O)O)cc1. The van der Waals surface area contributed by atoms with Gasteiger partial charge in [-0.15, -0.1) is 0 Å². The van der Waals surface area contributed by atoms with E-state index in [1.165, 1.54) is 30.3 Å². The Morgan fingerprint density at radius 2 is 1.72 bits per heavy atom. The molecule has 1 atom stereocenters. The summed E-state index contributed by atoms with van der Waals surface area (Å²) in [6.07, 6.45) is -0.911. The van der Waals surface area contributed by atoms with Gasteiger partial charge in [0.1, 0.15) is 11.8 Å². The van der Waals surface area contributed by atoms with E-state index >= 15 is 0 Å². The number of carboxylic acid groups (broad SMARTS) is 2. The van der Waals surface area contributed by atoms with Crippen LogP contribution >= 0.6 is 0 Å². The number of carboxylic acids is 2. The smallest absolute Gasteiger partial charge is 0.343 e. The summed E-state index contributed by atoms with van der Waals surface area (Å²) in [6, 6.07) is 9.24. The maximum Gasteiger partial charge on any atom is 0.343 e. The molecule has 0 aliphatic carbocycles. The van der Waals surface area contributed by atoms with Crippen molar-refractivity contribution in [2.45, 2.75) is 25.8 Å². The fourth-order valence-corrected chi connectivity index (χ4v) is 2.74. The van der Waals surface area contributed by atoms with Crippen molar-refractivity contribution in [2.75, 3.05) is 0 Å². The number of benzene rings is 2. The molecule has 2 rings (SSSR count). The van der Waals surface area contributed by atoms with E-state index in [1.807, 2.05) is 0 Å². The Labute approximate surface area is 182 Å². The Bertz CT molecular complexity index is 1060. The Kier molecular flexibility index (Phi) is 7.88. The van der Waals surface area contributed by atoms with Crippen LogP contribution in [0.15, 0.2) is 47.5 Å². The first kappa shape index (κ1) is 23.9. The minimum atomic E-state index is -1.53. The van der Waals surface area contributed by atoms with Gasteiger partial charge in [0.25, 0.3) is 0 Å². The number of amides is 1. The van der Waals surface area contributed by atoms with Crippen LogP contribution in [0.5, 0.6) is 5.75 Å². The van der Waals surface area contributed by atoms with Gasteiger partial charge in [-0.05, 0) is 48.4 Å². The summed E-state index contributed by atoms with van der Waals surface area (Å²) in [6.45, 7) is 1.71. The van der Waals surface area contributed by atoms with Crippen LogP contribution in [0.2, 0.25) is 0 Å². The van der Waals surface area contributed by atoms with Crippen molar-refractivity contribution in [3.63, 3.8) is 0 Å². The highest BCUT2D eigenvalue weighted by Crippen LogP contribution is 2.20. The molecule has 0 aliphatic heterocycles. The van der Waals surface area contributed by atoms with E-state index in [0.29, 0.717) is 22.4 Å². The van der Waals surface area contributed by atoms with E-state index in [9.17, 15) is 19.2 Å². The number of nitrogens with one attached hydrogen (secondary N) is 1.